The number of aliphatic hydroxyl groups excluding tert-OH is 1. The van der Waals surface area contributed by atoms with Gasteiger partial charge in [0.15, 0.2) is 0 Å². The van der Waals surface area contributed by atoms with Crippen molar-refractivity contribution in [2.24, 2.45) is 11.8 Å². The first-order valence-electron chi connectivity index (χ1n) is 11.7. The molecule has 0 radical (unpaired) electrons. The number of ether oxygens (including phenoxy) is 1. The number of piperidine rings is 1. The van der Waals surface area contributed by atoms with E-state index in [0.717, 1.165) is 24.2 Å². The molecule has 0 bridgehead atoms. The number of nitrogens with zero attached hydrogens (tertiary/aromatic N) is 2. The molecule has 2 aliphatic heterocycles. The zero-order valence-electron chi connectivity index (χ0n) is 19.4. The molecular formula is C27H32N2O4. The van der Waals surface area contributed by atoms with Gasteiger partial charge in [-0.15, -0.1) is 0 Å². The molecule has 1 fully saturated rings. The Balaban J connectivity index is 1.67. The number of hydrogen-bond acceptors (Lipinski definition) is 5. The van der Waals surface area contributed by atoms with Crippen molar-refractivity contribution in [1.29, 1.82) is 0 Å². The van der Waals surface area contributed by atoms with E-state index in [-0.39, 0.29) is 30.9 Å². The molecule has 2 aliphatic rings. The van der Waals surface area contributed by atoms with Gasteiger partial charge >= 0.3 is 0 Å². The highest BCUT2D eigenvalue weighted by Gasteiger charge is 2.42. The third-order valence-corrected chi connectivity index (χ3v) is 6.15. The molecule has 0 saturated carbocycles. The number of amides is 2. The lowest BCUT2D eigenvalue weighted by molar-refractivity contribution is -0.138. The van der Waals surface area contributed by atoms with E-state index in [1.54, 1.807) is 0 Å². The number of carbonyl (C=O) groups is 2. The van der Waals surface area contributed by atoms with E-state index in [1.807, 2.05) is 59.5 Å². The first kappa shape index (κ1) is 23.1. The molecule has 2 aromatic carbocycles. The Morgan fingerprint density at radius 1 is 1.03 bits per heavy atom. The third kappa shape index (κ3) is 5.11. The molecule has 0 aromatic heterocycles. The van der Waals surface area contributed by atoms with E-state index in [4.69, 9.17) is 4.74 Å². The largest absolute Gasteiger partial charge is 0.493 e. The van der Waals surface area contributed by atoms with Gasteiger partial charge in [0.1, 0.15) is 11.4 Å². The summed E-state index contributed by atoms with van der Waals surface area (Å²) in [5.74, 6) is 0.716. The summed E-state index contributed by atoms with van der Waals surface area (Å²) in [6.07, 6.45) is 1.80. The molecule has 6 nitrogen and oxygen atoms in total. The first-order valence-corrected chi connectivity index (χ1v) is 11.7. The quantitative estimate of drug-likeness (QED) is 0.624. The van der Waals surface area contributed by atoms with Crippen molar-refractivity contribution in [3.8, 4) is 5.75 Å². The summed E-state index contributed by atoms with van der Waals surface area (Å²) in [6, 6.07) is 17.0. The second kappa shape index (κ2) is 10.2. The van der Waals surface area contributed by atoms with Gasteiger partial charge in [0.25, 0.3) is 11.8 Å². The van der Waals surface area contributed by atoms with Crippen molar-refractivity contribution in [3.05, 3.63) is 71.4 Å². The molecule has 2 aromatic rings. The van der Waals surface area contributed by atoms with E-state index >= 15 is 0 Å². The van der Waals surface area contributed by atoms with Crippen molar-refractivity contribution in [3.63, 3.8) is 0 Å². The Labute approximate surface area is 195 Å². The normalized spacial score (nSPS) is 19.1. The van der Waals surface area contributed by atoms with Gasteiger partial charge in [0.05, 0.1) is 18.7 Å². The number of aliphatic hydroxyl groups is 1. The number of hydrogen-bond donors (Lipinski definition) is 1. The van der Waals surface area contributed by atoms with Gasteiger partial charge in [0, 0.05) is 19.7 Å². The maximum absolute atomic E-state index is 13.6. The van der Waals surface area contributed by atoms with Crippen LogP contribution in [0.15, 0.2) is 60.3 Å². The minimum atomic E-state index is -0.277. The second-order valence-corrected chi connectivity index (χ2v) is 9.27. The van der Waals surface area contributed by atoms with E-state index < -0.39 is 0 Å². The highest BCUT2D eigenvalue weighted by atomic mass is 16.5. The summed E-state index contributed by atoms with van der Waals surface area (Å²) < 4.78 is 5.79. The molecule has 0 aliphatic carbocycles. The zero-order chi connectivity index (χ0) is 23.4. The summed E-state index contributed by atoms with van der Waals surface area (Å²) in [4.78, 5) is 30.5. The van der Waals surface area contributed by atoms with Gasteiger partial charge in [0.2, 0.25) is 0 Å². The van der Waals surface area contributed by atoms with E-state index in [2.05, 4.69) is 13.8 Å². The molecule has 174 valence electrons. The van der Waals surface area contributed by atoms with Crippen LogP contribution in [0.4, 0.5) is 0 Å². The fourth-order valence-corrected chi connectivity index (χ4v) is 4.42. The van der Waals surface area contributed by atoms with Crippen molar-refractivity contribution in [1.82, 2.24) is 9.80 Å². The minimum absolute atomic E-state index is 0.0802. The topological polar surface area (TPSA) is 70.1 Å². The summed E-state index contributed by atoms with van der Waals surface area (Å²) in [6.45, 7) is 6.38. The standard InChI is InChI=1S/C27H32N2O4/c1-19(2)18-33-23-12-10-22(11-13-23)24-25(28-14-6-9-21(15-28)17-30)27(32)29(26(24)31)16-20-7-4-3-5-8-20/h3-5,7-8,10-13,19,21,30H,6,9,14-18H2,1-2H3. The van der Waals surface area contributed by atoms with Gasteiger partial charge < -0.3 is 14.7 Å². The Hall–Kier alpha value is -3.12. The lowest BCUT2D eigenvalue weighted by Gasteiger charge is -2.34. The fourth-order valence-electron chi connectivity index (χ4n) is 4.42. The molecule has 33 heavy (non-hydrogen) atoms. The van der Waals surface area contributed by atoms with Crippen LogP contribution in [0.3, 0.4) is 0 Å². The molecule has 4 rings (SSSR count). The molecule has 1 N–H and O–H groups in total. The maximum atomic E-state index is 13.6. The summed E-state index contributed by atoms with van der Waals surface area (Å²) in [5.41, 5.74) is 2.50. The van der Waals surface area contributed by atoms with Crippen LogP contribution in [0.5, 0.6) is 5.75 Å². The Kier molecular flexibility index (Phi) is 7.14. The third-order valence-electron chi connectivity index (χ3n) is 6.15. The number of imide groups is 1. The minimum Gasteiger partial charge on any atom is -0.493 e. The van der Waals surface area contributed by atoms with Crippen LogP contribution >= 0.6 is 0 Å². The van der Waals surface area contributed by atoms with Crippen LogP contribution in [0.2, 0.25) is 0 Å². The van der Waals surface area contributed by atoms with Crippen LogP contribution in [0.25, 0.3) is 5.57 Å². The smallest absolute Gasteiger partial charge is 0.278 e. The van der Waals surface area contributed by atoms with Crippen LogP contribution in [0, 0.1) is 11.8 Å². The summed E-state index contributed by atoms with van der Waals surface area (Å²) >= 11 is 0. The van der Waals surface area contributed by atoms with Crippen molar-refractivity contribution < 1.29 is 19.4 Å². The van der Waals surface area contributed by atoms with E-state index in [0.29, 0.717) is 42.4 Å². The van der Waals surface area contributed by atoms with Gasteiger partial charge in [-0.1, -0.05) is 56.3 Å². The van der Waals surface area contributed by atoms with Crippen LogP contribution in [0.1, 0.15) is 37.8 Å². The molecule has 2 amide bonds. The lowest BCUT2D eigenvalue weighted by atomic mass is 9.97. The van der Waals surface area contributed by atoms with Gasteiger partial charge in [-0.3, -0.25) is 14.5 Å². The highest BCUT2D eigenvalue weighted by Crippen LogP contribution is 2.35. The zero-order valence-corrected chi connectivity index (χ0v) is 19.4. The monoisotopic (exact) mass is 448 g/mol. The Bertz CT molecular complexity index is 1010. The number of benzene rings is 2. The highest BCUT2D eigenvalue weighted by molar-refractivity contribution is 6.35. The molecule has 6 heteroatoms. The predicted octanol–water partition coefficient (Wildman–Crippen LogP) is 3.71. The SMILES string of the molecule is CC(C)COc1ccc(C2=C(N3CCCC(CO)C3)C(=O)N(Cc3ccccc3)C2=O)cc1. The first-order chi connectivity index (χ1) is 16.0. The van der Waals surface area contributed by atoms with Gasteiger partial charge in [-0.25, -0.2) is 0 Å². The van der Waals surface area contributed by atoms with E-state index in [9.17, 15) is 14.7 Å². The molecule has 1 unspecified atom stereocenters. The average molecular weight is 449 g/mol. The molecular weight excluding hydrogens is 416 g/mol. The summed E-state index contributed by atoms with van der Waals surface area (Å²) in [7, 11) is 0. The number of rotatable bonds is 8. The van der Waals surface area contributed by atoms with Crippen molar-refractivity contribution in [2.75, 3.05) is 26.3 Å². The van der Waals surface area contributed by atoms with Crippen LogP contribution in [-0.4, -0.2) is 53.0 Å². The van der Waals surface area contributed by atoms with Crippen LogP contribution in [-0.2, 0) is 16.1 Å². The van der Waals surface area contributed by atoms with Gasteiger partial charge in [-0.2, -0.15) is 0 Å². The lowest BCUT2D eigenvalue weighted by Crippen LogP contribution is -2.40. The Morgan fingerprint density at radius 2 is 1.76 bits per heavy atom. The van der Waals surface area contributed by atoms with Crippen LogP contribution < -0.4 is 4.74 Å². The summed E-state index contributed by atoms with van der Waals surface area (Å²) in [5, 5.41) is 9.70. The Morgan fingerprint density at radius 3 is 2.42 bits per heavy atom. The second-order valence-electron chi connectivity index (χ2n) is 9.27. The predicted molar refractivity (Wildman–Crippen MR) is 127 cm³/mol. The van der Waals surface area contributed by atoms with Gasteiger partial charge in [-0.05, 0) is 47.9 Å². The average Bonchev–Trinajstić information content (AvgIpc) is 3.08. The maximum Gasteiger partial charge on any atom is 0.278 e. The van der Waals surface area contributed by atoms with E-state index in [1.165, 1.54) is 4.90 Å². The van der Waals surface area contributed by atoms with Crippen molar-refractivity contribution in [2.45, 2.75) is 33.2 Å². The molecule has 1 atom stereocenters. The molecule has 1 saturated heterocycles. The van der Waals surface area contributed by atoms with Crippen molar-refractivity contribution >= 4 is 17.4 Å². The number of likely N-dealkylation sites (tertiary alicyclic amines) is 1. The molecule has 2 heterocycles. The fraction of sp³-hybridized carbons (Fsp3) is 0.407. The number of carbonyl (C=O) groups excluding carboxylic acids is 2. The molecule has 0 spiro atoms.